The molecule has 1 aliphatic rings. The van der Waals surface area contributed by atoms with Gasteiger partial charge in [0.05, 0.1) is 10.6 Å². The topological polar surface area (TPSA) is 86.8 Å². The summed E-state index contributed by atoms with van der Waals surface area (Å²) >= 11 is 12.4. The van der Waals surface area contributed by atoms with Crippen molar-refractivity contribution in [2.24, 2.45) is 0 Å². The van der Waals surface area contributed by atoms with Crippen LogP contribution in [0.2, 0.25) is 10.0 Å². The predicted molar refractivity (Wildman–Crippen MR) is 164 cm³/mol. The largest absolute Gasteiger partial charge is 0.352 e. The highest BCUT2D eigenvalue weighted by atomic mass is 35.5. The zero-order chi connectivity index (χ0) is 30.4. The van der Waals surface area contributed by atoms with Gasteiger partial charge in [0.2, 0.25) is 11.8 Å². The van der Waals surface area contributed by atoms with Crippen LogP contribution in [0.15, 0.2) is 71.6 Å². The van der Waals surface area contributed by atoms with Gasteiger partial charge in [0.1, 0.15) is 18.4 Å². The number of halogens is 3. The molecule has 224 valence electrons. The van der Waals surface area contributed by atoms with Crippen molar-refractivity contribution in [3.8, 4) is 0 Å². The van der Waals surface area contributed by atoms with E-state index in [9.17, 15) is 22.4 Å². The molecule has 0 radical (unpaired) electrons. The number of benzene rings is 3. The number of amides is 2. The highest BCUT2D eigenvalue weighted by Crippen LogP contribution is 2.30. The number of sulfonamides is 1. The molecule has 3 aromatic carbocycles. The molecule has 0 spiro atoms. The summed E-state index contributed by atoms with van der Waals surface area (Å²) in [6, 6.07) is 15.4. The molecule has 1 saturated carbocycles. The number of hydrogen-bond acceptors (Lipinski definition) is 4. The molecule has 0 aliphatic heterocycles. The lowest BCUT2D eigenvalue weighted by Crippen LogP contribution is -2.53. The van der Waals surface area contributed by atoms with Gasteiger partial charge in [-0.05, 0) is 63.1 Å². The Bertz CT molecular complexity index is 1510. The molecule has 11 heteroatoms. The number of rotatable bonds is 10. The predicted octanol–water partition coefficient (Wildman–Crippen LogP) is 6.50. The molecule has 0 aromatic heterocycles. The normalized spacial score (nSPS) is 14.7. The molecule has 0 saturated heterocycles. The Balaban J connectivity index is 1.71. The molecular weight excluding hydrogens is 600 g/mol. The third-order valence-electron chi connectivity index (χ3n) is 7.44. The Kier molecular flexibility index (Phi) is 10.5. The minimum absolute atomic E-state index is 0.00821. The van der Waals surface area contributed by atoms with E-state index in [2.05, 4.69) is 5.32 Å². The number of carbonyl (C=O) groups is 2. The van der Waals surface area contributed by atoms with Gasteiger partial charge in [0, 0.05) is 28.2 Å². The first-order valence-corrected chi connectivity index (χ1v) is 16.0. The first kappa shape index (κ1) is 31.8. The average molecular weight is 635 g/mol. The van der Waals surface area contributed by atoms with Crippen molar-refractivity contribution in [1.29, 1.82) is 0 Å². The molecule has 1 N–H and O–H groups in total. The summed E-state index contributed by atoms with van der Waals surface area (Å²) in [5.41, 5.74) is 1.13. The lowest BCUT2D eigenvalue weighted by Gasteiger charge is -2.33. The van der Waals surface area contributed by atoms with Crippen LogP contribution in [0, 0.1) is 12.7 Å². The van der Waals surface area contributed by atoms with E-state index in [0.717, 1.165) is 42.0 Å². The third kappa shape index (κ3) is 7.82. The summed E-state index contributed by atoms with van der Waals surface area (Å²) in [7, 11) is -4.29. The van der Waals surface area contributed by atoms with Crippen molar-refractivity contribution < 1.29 is 22.4 Å². The Hall–Kier alpha value is -3.14. The van der Waals surface area contributed by atoms with Crippen molar-refractivity contribution in [3.63, 3.8) is 0 Å². The van der Waals surface area contributed by atoms with Crippen molar-refractivity contribution in [2.75, 3.05) is 10.8 Å². The maximum atomic E-state index is 14.7. The molecule has 7 nitrogen and oxygen atoms in total. The molecule has 42 heavy (non-hydrogen) atoms. The van der Waals surface area contributed by atoms with Crippen LogP contribution in [0.25, 0.3) is 0 Å². The molecule has 0 unspecified atom stereocenters. The van der Waals surface area contributed by atoms with Gasteiger partial charge < -0.3 is 10.2 Å². The molecule has 1 aliphatic carbocycles. The second-order valence-corrected chi connectivity index (χ2v) is 13.3. The van der Waals surface area contributed by atoms with Crippen LogP contribution in [-0.2, 0) is 26.2 Å². The second-order valence-electron chi connectivity index (χ2n) is 10.6. The third-order valence-corrected chi connectivity index (χ3v) is 9.67. The summed E-state index contributed by atoms with van der Waals surface area (Å²) in [6.45, 7) is 2.47. The molecule has 0 heterocycles. The van der Waals surface area contributed by atoms with E-state index < -0.39 is 34.3 Å². The van der Waals surface area contributed by atoms with E-state index in [0.29, 0.717) is 0 Å². The standard InChI is InChI=1S/C31H34Cl2FN3O4S/c1-21-12-14-28(15-13-21)42(40,41)37(27-17-24(32)16-25(33)18-27)20-30(38)36(19-23-8-6-7-11-29(23)34)22(2)31(39)35-26-9-4-3-5-10-26/h6-8,11-18,22,26H,3-5,9-10,19-20H2,1-2H3,(H,35,39)/t22-/m1/s1. The van der Waals surface area contributed by atoms with Crippen LogP contribution in [-0.4, -0.2) is 43.8 Å². The summed E-state index contributed by atoms with van der Waals surface area (Å²) in [5.74, 6) is -1.62. The Morgan fingerprint density at radius 1 is 0.976 bits per heavy atom. The average Bonchev–Trinajstić information content (AvgIpc) is 2.95. The Morgan fingerprint density at radius 2 is 1.60 bits per heavy atom. The van der Waals surface area contributed by atoms with Crippen LogP contribution < -0.4 is 9.62 Å². The first-order chi connectivity index (χ1) is 20.0. The van der Waals surface area contributed by atoms with E-state index in [1.54, 1.807) is 25.1 Å². The number of hydrogen-bond donors (Lipinski definition) is 1. The monoisotopic (exact) mass is 633 g/mol. The molecule has 1 atom stereocenters. The zero-order valence-corrected chi connectivity index (χ0v) is 25.9. The quantitative estimate of drug-likeness (QED) is 0.276. The molecule has 1 fully saturated rings. The molecule has 2 amide bonds. The number of nitrogens with zero attached hydrogens (tertiary/aromatic N) is 2. The summed E-state index contributed by atoms with van der Waals surface area (Å²) in [4.78, 5) is 28.6. The fourth-order valence-electron chi connectivity index (χ4n) is 5.01. The van der Waals surface area contributed by atoms with Crippen molar-refractivity contribution in [2.45, 2.75) is 69.5 Å². The van der Waals surface area contributed by atoms with Gasteiger partial charge in [-0.1, -0.05) is 78.4 Å². The van der Waals surface area contributed by atoms with Crippen molar-refractivity contribution in [1.82, 2.24) is 10.2 Å². The number of nitrogens with one attached hydrogen (secondary N) is 1. The van der Waals surface area contributed by atoms with Crippen molar-refractivity contribution >= 4 is 50.7 Å². The van der Waals surface area contributed by atoms with Gasteiger partial charge in [0.25, 0.3) is 10.0 Å². The highest BCUT2D eigenvalue weighted by Gasteiger charge is 2.34. The van der Waals surface area contributed by atoms with Crippen LogP contribution in [0.4, 0.5) is 10.1 Å². The van der Waals surface area contributed by atoms with E-state index in [-0.39, 0.29) is 44.7 Å². The van der Waals surface area contributed by atoms with Crippen LogP contribution in [0.3, 0.4) is 0 Å². The maximum absolute atomic E-state index is 14.7. The number of carbonyl (C=O) groups excluding carboxylic acids is 2. The van der Waals surface area contributed by atoms with Crippen LogP contribution >= 0.6 is 23.2 Å². The fourth-order valence-corrected chi connectivity index (χ4v) is 6.92. The van der Waals surface area contributed by atoms with E-state index in [1.807, 2.05) is 6.92 Å². The van der Waals surface area contributed by atoms with E-state index in [4.69, 9.17) is 23.2 Å². The molecular formula is C31H34Cl2FN3O4S. The Morgan fingerprint density at radius 3 is 2.21 bits per heavy atom. The van der Waals surface area contributed by atoms with Gasteiger partial charge in [-0.3, -0.25) is 13.9 Å². The van der Waals surface area contributed by atoms with Crippen LogP contribution in [0.1, 0.15) is 50.2 Å². The minimum atomic E-state index is -4.29. The summed E-state index contributed by atoms with van der Waals surface area (Å²) in [5, 5.41) is 3.38. The van der Waals surface area contributed by atoms with Crippen molar-refractivity contribution in [3.05, 3.63) is 93.7 Å². The van der Waals surface area contributed by atoms with Crippen LogP contribution in [0.5, 0.6) is 0 Å². The van der Waals surface area contributed by atoms with Gasteiger partial charge in [-0.25, -0.2) is 12.8 Å². The van der Waals surface area contributed by atoms with Gasteiger partial charge in [0.15, 0.2) is 0 Å². The summed E-state index contributed by atoms with van der Waals surface area (Å²) < 4.78 is 43.5. The minimum Gasteiger partial charge on any atom is -0.352 e. The van der Waals surface area contributed by atoms with E-state index >= 15 is 0 Å². The Labute approximate surface area is 256 Å². The van der Waals surface area contributed by atoms with Gasteiger partial charge >= 0.3 is 0 Å². The van der Waals surface area contributed by atoms with Gasteiger partial charge in [-0.2, -0.15) is 0 Å². The molecule has 4 rings (SSSR count). The molecule has 3 aromatic rings. The maximum Gasteiger partial charge on any atom is 0.264 e. The fraction of sp³-hybridized carbons (Fsp3) is 0.355. The zero-order valence-electron chi connectivity index (χ0n) is 23.5. The van der Waals surface area contributed by atoms with Gasteiger partial charge in [-0.15, -0.1) is 0 Å². The number of anilines is 1. The highest BCUT2D eigenvalue weighted by molar-refractivity contribution is 7.92. The lowest BCUT2D eigenvalue weighted by atomic mass is 9.95. The van der Waals surface area contributed by atoms with E-state index in [1.165, 1.54) is 53.4 Å². The first-order valence-electron chi connectivity index (χ1n) is 13.8. The molecule has 0 bridgehead atoms. The smallest absolute Gasteiger partial charge is 0.264 e. The second kappa shape index (κ2) is 13.9. The summed E-state index contributed by atoms with van der Waals surface area (Å²) in [6.07, 6.45) is 4.81. The SMILES string of the molecule is Cc1ccc(S(=O)(=O)N(CC(=O)N(Cc2ccccc2F)[C@H](C)C(=O)NC2CCCCC2)c2cc(Cl)cc(Cl)c2)cc1. The lowest BCUT2D eigenvalue weighted by molar-refractivity contribution is -0.139. The number of aryl methyl sites for hydroxylation is 1.